The fourth-order valence-electron chi connectivity index (χ4n) is 2.22. The molecule has 5 nitrogen and oxygen atoms in total. The van der Waals surface area contributed by atoms with Gasteiger partial charge in [-0.3, -0.25) is 9.59 Å². The van der Waals surface area contributed by atoms with Gasteiger partial charge in [-0.05, 0) is 43.3 Å². The van der Waals surface area contributed by atoms with E-state index in [4.69, 9.17) is 11.6 Å². The summed E-state index contributed by atoms with van der Waals surface area (Å²) in [7, 11) is 1.74. The van der Waals surface area contributed by atoms with Crippen LogP contribution in [-0.2, 0) is 9.59 Å². The van der Waals surface area contributed by atoms with Gasteiger partial charge in [0.2, 0.25) is 0 Å². The smallest absolute Gasteiger partial charge is 0.282 e. The van der Waals surface area contributed by atoms with Gasteiger partial charge in [0.05, 0.1) is 7.05 Å². The lowest BCUT2D eigenvalue weighted by Crippen LogP contribution is -3.14. The van der Waals surface area contributed by atoms with E-state index in [9.17, 15) is 14.0 Å². The van der Waals surface area contributed by atoms with Crippen molar-refractivity contribution in [1.82, 2.24) is 0 Å². The number of amides is 2. The van der Waals surface area contributed by atoms with E-state index in [-0.39, 0.29) is 18.4 Å². The van der Waals surface area contributed by atoms with Crippen molar-refractivity contribution in [2.45, 2.75) is 13.0 Å². The normalized spacial score (nSPS) is 13.0. The van der Waals surface area contributed by atoms with Crippen molar-refractivity contribution in [2.24, 2.45) is 0 Å². The summed E-state index contributed by atoms with van der Waals surface area (Å²) in [6.45, 7) is 1.80. The van der Waals surface area contributed by atoms with E-state index in [1.54, 1.807) is 44.3 Å². The number of halogens is 2. The second-order valence-corrected chi connectivity index (χ2v) is 6.24. The summed E-state index contributed by atoms with van der Waals surface area (Å²) in [5.41, 5.74) is 0.982. The average Bonchev–Trinajstić information content (AvgIpc) is 2.53. The molecule has 2 atom stereocenters. The molecule has 3 N–H and O–H groups in total. The maximum Gasteiger partial charge on any atom is 0.282 e. The third-order valence-electron chi connectivity index (χ3n) is 3.77. The minimum Gasteiger partial charge on any atom is -0.321 e. The maximum absolute atomic E-state index is 13.1. The van der Waals surface area contributed by atoms with Crippen molar-refractivity contribution in [3.63, 3.8) is 0 Å². The third kappa shape index (κ3) is 5.85. The van der Waals surface area contributed by atoms with E-state index in [1.165, 1.54) is 18.2 Å². The molecule has 2 aromatic carbocycles. The highest BCUT2D eigenvalue weighted by Crippen LogP contribution is 2.14. The van der Waals surface area contributed by atoms with E-state index in [1.807, 2.05) is 0 Å². The Morgan fingerprint density at radius 3 is 2.40 bits per heavy atom. The van der Waals surface area contributed by atoms with Crippen molar-refractivity contribution < 1.29 is 18.9 Å². The van der Waals surface area contributed by atoms with Crippen molar-refractivity contribution in [3.05, 3.63) is 59.4 Å². The first-order chi connectivity index (χ1) is 11.8. The zero-order valence-corrected chi connectivity index (χ0v) is 14.7. The largest absolute Gasteiger partial charge is 0.321 e. The molecule has 0 saturated heterocycles. The molecule has 0 aromatic heterocycles. The van der Waals surface area contributed by atoms with Crippen LogP contribution in [0.4, 0.5) is 15.8 Å². The number of hydrogen-bond acceptors (Lipinski definition) is 2. The summed E-state index contributed by atoms with van der Waals surface area (Å²) in [4.78, 5) is 25.1. The monoisotopic (exact) mass is 364 g/mol. The number of rotatable bonds is 6. The Bertz CT molecular complexity index is 769. The quantitative estimate of drug-likeness (QED) is 0.733. The first-order valence-electron chi connectivity index (χ1n) is 7.79. The fraction of sp³-hybridized carbons (Fsp3) is 0.222. The molecule has 0 aliphatic rings. The van der Waals surface area contributed by atoms with Crippen LogP contribution < -0.4 is 15.5 Å². The van der Waals surface area contributed by atoms with Crippen LogP contribution in [0.2, 0.25) is 5.02 Å². The van der Waals surface area contributed by atoms with E-state index < -0.39 is 11.9 Å². The number of anilines is 2. The van der Waals surface area contributed by atoms with Crippen molar-refractivity contribution in [1.29, 1.82) is 0 Å². The Hall–Kier alpha value is -2.44. The summed E-state index contributed by atoms with van der Waals surface area (Å²) in [6, 6.07) is 12.0. The first-order valence-corrected chi connectivity index (χ1v) is 8.17. The SMILES string of the molecule is C[C@@H](C(=O)Nc1cccc(Cl)c1)[NH+](C)CC(=O)Nc1cccc(F)c1. The molecular formula is C18H20ClFN3O2+. The molecule has 7 heteroatoms. The molecule has 132 valence electrons. The van der Waals surface area contributed by atoms with Crippen molar-refractivity contribution >= 4 is 34.8 Å². The number of benzene rings is 2. The van der Waals surface area contributed by atoms with Gasteiger partial charge >= 0.3 is 0 Å². The summed E-state index contributed by atoms with van der Waals surface area (Å²) in [6.07, 6.45) is 0. The second-order valence-electron chi connectivity index (χ2n) is 5.80. The molecule has 2 rings (SSSR count). The lowest BCUT2D eigenvalue weighted by molar-refractivity contribution is -0.885. The number of carbonyl (C=O) groups is 2. The average molecular weight is 365 g/mol. The van der Waals surface area contributed by atoms with Gasteiger partial charge < -0.3 is 15.5 Å². The molecule has 2 amide bonds. The van der Waals surface area contributed by atoms with E-state index >= 15 is 0 Å². The van der Waals surface area contributed by atoms with Gasteiger partial charge in [-0.25, -0.2) is 4.39 Å². The number of nitrogens with one attached hydrogen (secondary N) is 3. The number of quaternary nitrogens is 1. The molecule has 0 aliphatic heterocycles. The Morgan fingerprint density at radius 1 is 1.12 bits per heavy atom. The highest BCUT2D eigenvalue weighted by Gasteiger charge is 2.24. The summed E-state index contributed by atoms with van der Waals surface area (Å²) < 4.78 is 13.1. The van der Waals surface area contributed by atoms with Crippen molar-refractivity contribution in [2.75, 3.05) is 24.2 Å². The van der Waals surface area contributed by atoms with Crippen LogP contribution in [-0.4, -0.2) is 31.4 Å². The molecule has 0 saturated carbocycles. The van der Waals surface area contributed by atoms with Crippen LogP contribution in [0.1, 0.15) is 6.92 Å². The van der Waals surface area contributed by atoms with Crippen LogP contribution in [0.15, 0.2) is 48.5 Å². The third-order valence-corrected chi connectivity index (χ3v) is 4.01. The second kappa shape index (κ2) is 8.60. The number of carbonyl (C=O) groups excluding carboxylic acids is 2. The number of hydrogen-bond donors (Lipinski definition) is 3. The van der Waals surface area contributed by atoms with Crippen molar-refractivity contribution in [3.8, 4) is 0 Å². The summed E-state index contributed by atoms with van der Waals surface area (Å²) >= 11 is 5.89. The van der Waals surface area contributed by atoms with Crippen LogP contribution in [0, 0.1) is 5.82 Å². The minimum absolute atomic E-state index is 0.0701. The molecule has 25 heavy (non-hydrogen) atoms. The molecule has 0 radical (unpaired) electrons. The molecule has 0 aliphatic carbocycles. The Morgan fingerprint density at radius 2 is 1.76 bits per heavy atom. The number of likely N-dealkylation sites (N-methyl/N-ethyl adjacent to an activating group) is 1. The highest BCUT2D eigenvalue weighted by molar-refractivity contribution is 6.30. The summed E-state index contributed by atoms with van der Waals surface area (Å²) in [5.74, 6) is -0.948. The van der Waals surface area contributed by atoms with Gasteiger partial charge in [-0.15, -0.1) is 0 Å². The summed E-state index contributed by atoms with van der Waals surface area (Å²) in [5, 5.41) is 5.91. The lowest BCUT2D eigenvalue weighted by atomic mass is 10.2. The first kappa shape index (κ1) is 18.9. The Labute approximate surface area is 150 Å². The minimum atomic E-state index is -0.461. The van der Waals surface area contributed by atoms with Gasteiger partial charge in [0.15, 0.2) is 12.6 Å². The fourth-order valence-corrected chi connectivity index (χ4v) is 2.41. The molecule has 0 fully saturated rings. The van der Waals surface area contributed by atoms with Gasteiger partial charge in [0, 0.05) is 16.4 Å². The molecule has 2 aromatic rings. The zero-order valence-electron chi connectivity index (χ0n) is 14.0. The van der Waals surface area contributed by atoms with Crippen LogP contribution in [0.25, 0.3) is 0 Å². The topological polar surface area (TPSA) is 62.6 Å². The van der Waals surface area contributed by atoms with Gasteiger partial charge in [0.25, 0.3) is 11.8 Å². The van der Waals surface area contributed by atoms with Crippen LogP contribution in [0.3, 0.4) is 0 Å². The van der Waals surface area contributed by atoms with E-state index in [0.29, 0.717) is 21.3 Å². The van der Waals surface area contributed by atoms with Gasteiger partial charge in [-0.2, -0.15) is 0 Å². The Balaban J connectivity index is 1.89. The van der Waals surface area contributed by atoms with Gasteiger partial charge in [0.1, 0.15) is 5.82 Å². The van der Waals surface area contributed by atoms with Gasteiger partial charge in [-0.1, -0.05) is 23.7 Å². The predicted octanol–water partition coefficient (Wildman–Crippen LogP) is 1.96. The molecule has 1 unspecified atom stereocenters. The van der Waals surface area contributed by atoms with Crippen LogP contribution in [0.5, 0.6) is 0 Å². The zero-order chi connectivity index (χ0) is 18.4. The molecular weight excluding hydrogens is 345 g/mol. The standard InChI is InChI=1S/C18H19ClFN3O2/c1-12(18(25)22-15-7-3-5-13(19)9-15)23(2)11-17(24)21-16-8-4-6-14(20)10-16/h3-10,12H,11H2,1-2H3,(H,21,24)(H,22,25)/p+1/t12-/m0/s1. The maximum atomic E-state index is 13.1. The molecule has 0 spiro atoms. The molecule has 0 bridgehead atoms. The van der Waals surface area contributed by atoms with E-state index in [0.717, 1.165) is 0 Å². The van der Waals surface area contributed by atoms with E-state index in [2.05, 4.69) is 10.6 Å². The molecule has 0 heterocycles. The predicted molar refractivity (Wildman–Crippen MR) is 96.3 cm³/mol. The van der Waals surface area contributed by atoms with Crippen LogP contribution >= 0.6 is 11.6 Å². The highest BCUT2D eigenvalue weighted by atomic mass is 35.5. The lowest BCUT2D eigenvalue weighted by Gasteiger charge is -2.20. The Kier molecular flexibility index (Phi) is 6.50.